The van der Waals surface area contributed by atoms with Gasteiger partial charge >= 0.3 is 0 Å². The van der Waals surface area contributed by atoms with Gasteiger partial charge in [0.25, 0.3) is 0 Å². The van der Waals surface area contributed by atoms with Crippen LogP contribution in [0.4, 0.5) is 11.4 Å². The van der Waals surface area contributed by atoms with Crippen molar-refractivity contribution in [3.05, 3.63) is 122 Å². The van der Waals surface area contributed by atoms with Gasteiger partial charge < -0.3 is 9.80 Å². The van der Waals surface area contributed by atoms with Crippen LogP contribution in [0.5, 0.6) is 0 Å². The minimum absolute atomic E-state index is 0.725. The highest BCUT2D eigenvalue weighted by Crippen LogP contribution is 2.27. The van der Waals surface area contributed by atoms with Crippen molar-refractivity contribution in [1.29, 1.82) is 0 Å². The Kier molecular flexibility index (Phi) is 6.88. The van der Waals surface area contributed by atoms with Crippen molar-refractivity contribution in [1.82, 2.24) is 4.90 Å². The SMILES string of the molecule is C=C/C=C\C=C\N(CN(c1ccccc1)c1ccccc1)C1=CCCC=C1. The molecule has 1 aliphatic carbocycles. The lowest BCUT2D eigenvalue weighted by Crippen LogP contribution is -2.31. The van der Waals surface area contributed by atoms with E-state index in [4.69, 9.17) is 0 Å². The number of anilines is 2. The van der Waals surface area contributed by atoms with Crippen LogP contribution in [-0.2, 0) is 0 Å². The predicted molar refractivity (Wildman–Crippen MR) is 117 cm³/mol. The van der Waals surface area contributed by atoms with E-state index >= 15 is 0 Å². The second-order valence-corrected chi connectivity index (χ2v) is 6.28. The van der Waals surface area contributed by atoms with Crippen molar-refractivity contribution >= 4 is 11.4 Å². The topological polar surface area (TPSA) is 6.48 Å². The second kappa shape index (κ2) is 10.0. The summed E-state index contributed by atoms with van der Waals surface area (Å²) in [5, 5.41) is 0. The van der Waals surface area contributed by atoms with Crippen molar-refractivity contribution in [3.63, 3.8) is 0 Å². The van der Waals surface area contributed by atoms with E-state index in [1.54, 1.807) is 6.08 Å². The molecule has 136 valence electrons. The number of rotatable bonds is 8. The number of hydrogen-bond acceptors (Lipinski definition) is 2. The molecule has 0 bridgehead atoms. The fourth-order valence-corrected chi connectivity index (χ4v) is 3.00. The van der Waals surface area contributed by atoms with Gasteiger partial charge in [-0.2, -0.15) is 0 Å². The van der Waals surface area contributed by atoms with Crippen molar-refractivity contribution in [3.8, 4) is 0 Å². The molecular weight excluding hydrogens is 328 g/mol. The Balaban J connectivity index is 1.92. The highest BCUT2D eigenvalue weighted by atomic mass is 15.3. The molecule has 0 amide bonds. The maximum Gasteiger partial charge on any atom is 0.0993 e. The van der Waals surface area contributed by atoms with Crippen LogP contribution >= 0.6 is 0 Å². The Morgan fingerprint density at radius 2 is 1.48 bits per heavy atom. The minimum atomic E-state index is 0.725. The summed E-state index contributed by atoms with van der Waals surface area (Å²) in [5.74, 6) is 0. The monoisotopic (exact) mass is 354 g/mol. The maximum absolute atomic E-state index is 3.73. The molecule has 0 N–H and O–H groups in total. The summed E-state index contributed by atoms with van der Waals surface area (Å²) in [6.45, 7) is 4.45. The Labute approximate surface area is 162 Å². The maximum atomic E-state index is 3.73. The Morgan fingerprint density at radius 3 is 2.04 bits per heavy atom. The molecule has 2 nitrogen and oxygen atoms in total. The molecule has 0 spiro atoms. The molecule has 0 unspecified atom stereocenters. The smallest absolute Gasteiger partial charge is 0.0993 e. The van der Waals surface area contributed by atoms with E-state index < -0.39 is 0 Å². The first-order valence-corrected chi connectivity index (χ1v) is 9.35. The van der Waals surface area contributed by atoms with Crippen LogP contribution in [0, 0.1) is 0 Å². The largest absolute Gasteiger partial charge is 0.330 e. The molecule has 0 atom stereocenters. The number of nitrogens with zero attached hydrogens (tertiary/aromatic N) is 2. The first kappa shape index (κ1) is 18.5. The highest BCUT2D eigenvalue weighted by molar-refractivity contribution is 5.63. The fourth-order valence-electron chi connectivity index (χ4n) is 3.00. The average Bonchev–Trinajstić information content (AvgIpc) is 2.75. The quantitative estimate of drug-likeness (QED) is 0.390. The van der Waals surface area contributed by atoms with Crippen LogP contribution in [-0.4, -0.2) is 11.6 Å². The van der Waals surface area contributed by atoms with Crippen LogP contribution in [0.25, 0.3) is 0 Å². The Morgan fingerprint density at radius 1 is 0.815 bits per heavy atom. The lowest BCUT2D eigenvalue weighted by atomic mass is 10.1. The zero-order chi connectivity index (χ0) is 18.7. The lowest BCUT2D eigenvalue weighted by molar-refractivity contribution is 0.483. The lowest BCUT2D eigenvalue weighted by Gasteiger charge is -2.32. The Hall–Kier alpha value is -3.26. The molecule has 0 aliphatic heterocycles. The number of allylic oxidation sites excluding steroid dienone is 7. The van der Waals surface area contributed by atoms with Gasteiger partial charge in [-0.3, -0.25) is 0 Å². The van der Waals surface area contributed by atoms with Crippen molar-refractivity contribution in [2.75, 3.05) is 11.6 Å². The molecular formula is C25H26N2. The van der Waals surface area contributed by atoms with Gasteiger partial charge in [0, 0.05) is 23.3 Å². The molecule has 0 heterocycles. The van der Waals surface area contributed by atoms with Crippen molar-refractivity contribution < 1.29 is 0 Å². The molecule has 0 radical (unpaired) electrons. The average molecular weight is 354 g/mol. The zero-order valence-corrected chi connectivity index (χ0v) is 15.6. The third kappa shape index (κ3) is 5.35. The second-order valence-electron chi connectivity index (χ2n) is 6.28. The number of benzene rings is 2. The summed E-state index contributed by atoms with van der Waals surface area (Å²) in [6.07, 6.45) is 18.8. The van der Waals surface area contributed by atoms with Gasteiger partial charge in [0.2, 0.25) is 0 Å². The van der Waals surface area contributed by atoms with E-state index in [0.29, 0.717) is 0 Å². The van der Waals surface area contributed by atoms with Gasteiger partial charge in [-0.25, -0.2) is 0 Å². The summed E-state index contributed by atoms with van der Waals surface area (Å²) < 4.78 is 0. The van der Waals surface area contributed by atoms with Gasteiger partial charge in [-0.1, -0.05) is 73.4 Å². The van der Waals surface area contributed by atoms with Crippen molar-refractivity contribution in [2.24, 2.45) is 0 Å². The van der Waals surface area contributed by atoms with E-state index in [-0.39, 0.29) is 0 Å². The predicted octanol–water partition coefficient (Wildman–Crippen LogP) is 6.57. The molecule has 2 aromatic carbocycles. The minimum Gasteiger partial charge on any atom is -0.330 e. The van der Waals surface area contributed by atoms with Crippen LogP contribution < -0.4 is 4.90 Å². The van der Waals surface area contributed by atoms with Crippen LogP contribution in [0.3, 0.4) is 0 Å². The number of hydrogen-bond donors (Lipinski definition) is 0. The zero-order valence-electron chi connectivity index (χ0n) is 15.6. The standard InChI is InChI=1S/C25H26N2/c1-2-3-4-14-21-26(23-15-8-5-9-16-23)22-27(24-17-10-6-11-18-24)25-19-12-7-13-20-25/h2-4,6-8,10-21H,1,5,9,22H2/b4-3-,21-14+. The van der Waals surface area contributed by atoms with Gasteiger partial charge in [-0.05, 0) is 49.3 Å². The summed E-state index contributed by atoms with van der Waals surface area (Å²) in [4.78, 5) is 4.61. The molecule has 2 aromatic rings. The molecule has 1 aliphatic rings. The summed E-state index contributed by atoms with van der Waals surface area (Å²) in [6, 6.07) is 21.0. The molecule has 27 heavy (non-hydrogen) atoms. The molecule has 0 saturated heterocycles. The molecule has 0 fully saturated rings. The first-order valence-electron chi connectivity index (χ1n) is 9.35. The van der Waals surface area contributed by atoms with Crippen LogP contribution in [0.2, 0.25) is 0 Å². The van der Waals surface area contributed by atoms with Gasteiger partial charge in [0.05, 0.1) is 6.67 Å². The molecule has 0 aromatic heterocycles. The van der Waals surface area contributed by atoms with Gasteiger partial charge in [0.15, 0.2) is 0 Å². The van der Waals surface area contributed by atoms with Crippen molar-refractivity contribution in [2.45, 2.75) is 12.8 Å². The summed E-state index contributed by atoms with van der Waals surface area (Å²) in [7, 11) is 0. The molecule has 3 rings (SSSR count). The summed E-state index contributed by atoms with van der Waals surface area (Å²) in [5.41, 5.74) is 3.56. The first-order chi connectivity index (χ1) is 13.4. The molecule has 2 heteroatoms. The van der Waals surface area contributed by atoms with E-state index in [1.165, 1.54) is 17.1 Å². The Bertz CT molecular complexity index is 790. The van der Waals surface area contributed by atoms with Crippen LogP contribution in [0.1, 0.15) is 12.8 Å². The van der Waals surface area contributed by atoms with Crippen LogP contribution in [0.15, 0.2) is 122 Å². The van der Waals surface area contributed by atoms with E-state index in [1.807, 2.05) is 12.2 Å². The highest BCUT2D eigenvalue weighted by Gasteiger charge is 2.14. The fraction of sp³-hybridized carbons (Fsp3) is 0.120. The third-order valence-electron chi connectivity index (χ3n) is 4.36. The third-order valence-corrected chi connectivity index (χ3v) is 4.36. The van der Waals surface area contributed by atoms with E-state index in [9.17, 15) is 0 Å². The molecule has 0 saturated carbocycles. The van der Waals surface area contributed by atoms with E-state index in [2.05, 4.69) is 108 Å². The normalized spacial score (nSPS) is 13.7. The number of para-hydroxylation sites is 2. The van der Waals surface area contributed by atoms with Gasteiger partial charge in [-0.15, -0.1) is 0 Å². The summed E-state index contributed by atoms with van der Waals surface area (Å²) >= 11 is 0. The van der Waals surface area contributed by atoms with Gasteiger partial charge in [0.1, 0.15) is 0 Å². The van der Waals surface area contributed by atoms with E-state index in [0.717, 1.165) is 19.5 Å².